The smallest absolute Gasteiger partial charge is 0.332 e. The summed E-state index contributed by atoms with van der Waals surface area (Å²) >= 11 is 0. The first-order valence-electron chi connectivity index (χ1n) is 8.46. The van der Waals surface area contributed by atoms with Gasteiger partial charge in [-0.3, -0.25) is 18.7 Å². The van der Waals surface area contributed by atoms with Crippen LogP contribution in [-0.4, -0.2) is 41.7 Å². The lowest BCUT2D eigenvalue weighted by atomic mass is 10.1. The molecule has 2 heterocycles. The summed E-state index contributed by atoms with van der Waals surface area (Å²) in [6, 6.07) is 7.82. The Morgan fingerprint density at radius 1 is 1.14 bits per heavy atom. The minimum Gasteiger partial charge on any atom is -0.480 e. The molecule has 3 aromatic rings. The molecule has 2 N–H and O–H groups in total. The monoisotopic (exact) mass is 385 g/mol. The van der Waals surface area contributed by atoms with Crippen molar-refractivity contribution < 1.29 is 14.7 Å². The Labute approximate surface area is 158 Å². The highest BCUT2D eigenvalue weighted by atomic mass is 16.4. The van der Waals surface area contributed by atoms with Gasteiger partial charge in [0.05, 0.1) is 6.33 Å². The van der Waals surface area contributed by atoms with E-state index in [1.807, 2.05) is 6.07 Å². The summed E-state index contributed by atoms with van der Waals surface area (Å²) in [6.07, 6.45) is 1.40. The number of nitrogens with one attached hydrogen (secondary N) is 1. The number of imidazole rings is 1. The van der Waals surface area contributed by atoms with Crippen molar-refractivity contribution in [3.8, 4) is 0 Å². The fourth-order valence-electron chi connectivity index (χ4n) is 2.96. The van der Waals surface area contributed by atoms with Gasteiger partial charge in [-0.2, -0.15) is 0 Å². The van der Waals surface area contributed by atoms with E-state index >= 15 is 0 Å². The Kier molecular flexibility index (Phi) is 5.12. The van der Waals surface area contributed by atoms with E-state index in [0.29, 0.717) is 0 Å². The highest BCUT2D eigenvalue weighted by molar-refractivity contribution is 5.84. The molecular formula is C18H19N5O5. The normalized spacial score (nSPS) is 12.1. The van der Waals surface area contributed by atoms with Gasteiger partial charge in [0.2, 0.25) is 5.91 Å². The first kappa shape index (κ1) is 19.1. The number of nitrogens with zero attached hydrogens (tertiary/aromatic N) is 4. The quantitative estimate of drug-likeness (QED) is 0.574. The van der Waals surface area contributed by atoms with Crippen LogP contribution in [0.5, 0.6) is 0 Å². The highest BCUT2D eigenvalue weighted by Gasteiger charge is 2.22. The number of carbonyl (C=O) groups excluding carboxylic acids is 1. The zero-order valence-electron chi connectivity index (χ0n) is 15.3. The van der Waals surface area contributed by atoms with Gasteiger partial charge in [-0.05, 0) is 5.56 Å². The number of carboxylic acids is 1. The van der Waals surface area contributed by atoms with E-state index in [2.05, 4.69) is 10.3 Å². The second-order valence-electron chi connectivity index (χ2n) is 6.40. The molecule has 0 saturated carbocycles. The second kappa shape index (κ2) is 7.51. The molecule has 0 fully saturated rings. The van der Waals surface area contributed by atoms with Crippen molar-refractivity contribution in [3.63, 3.8) is 0 Å². The molecule has 0 radical (unpaired) electrons. The van der Waals surface area contributed by atoms with E-state index in [9.17, 15) is 24.3 Å². The Morgan fingerprint density at radius 2 is 1.82 bits per heavy atom. The number of amides is 1. The molecule has 28 heavy (non-hydrogen) atoms. The lowest BCUT2D eigenvalue weighted by molar-refractivity contribution is -0.141. The third-order valence-corrected chi connectivity index (χ3v) is 4.45. The van der Waals surface area contributed by atoms with Crippen molar-refractivity contribution in [3.05, 3.63) is 63.1 Å². The highest BCUT2D eigenvalue weighted by Crippen LogP contribution is 2.06. The average molecular weight is 385 g/mol. The lowest BCUT2D eigenvalue weighted by Crippen LogP contribution is -2.44. The van der Waals surface area contributed by atoms with Crippen LogP contribution in [0, 0.1) is 0 Å². The van der Waals surface area contributed by atoms with Gasteiger partial charge in [-0.15, -0.1) is 0 Å². The van der Waals surface area contributed by atoms with Crippen molar-refractivity contribution in [1.82, 2.24) is 24.0 Å². The Hall–Kier alpha value is -3.69. The molecule has 2 aromatic heterocycles. The molecule has 1 atom stereocenters. The zero-order valence-corrected chi connectivity index (χ0v) is 15.3. The molecule has 0 aliphatic heterocycles. The van der Waals surface area contributed by atoms with Crippen LogP contribution in [0.2, 0.25) is 0 Å². The average Bonchev–Trinajstić information content (AvgIpc) is 3.08. The van der Waals surface area contributed by atoms with E-state index < -0.39 is 29.2 Å². The third-order valence-electron chi connectivity index (χ3n) is 4.45. The number of aliphatic carboxylic acids is 1. The number of benzene rings is 1. The fraction of sp³-hybridized carbons (Fsp3) is 0.278. The van der Waals surface area contributed by atoms with E-state index in [-0.39, 0.29) is 24.1 Å². The van der Waals surface area contributed by atoms with E-state index in [1.54, 1.807) is 24.3 Å². The topological polar surface area (TPSA) is 128 Å². The molecule has 10 nitrogen and oxygen atoms in total. The maximum absolute atomic E-state index is 12.4. The van der Waals surface area contributed by atoms with Crippen molar-refractivity contribution >= 4 is 23.0 Å². The molecule has 1 amide bonds. The predicted molar refractivity (Wildman–Crippen MR) is 99.9 cm³/mol. The van der Waals surface area contributed by atoms with Gasteiger partial charge >= 0.3 is 11.7 Å². The van der Waals surface area contributed by atoms with Crippen LogP contribution in [0.3, 0.4) is 0 Å². The number of hydrogen-bond donors (Lipinski definition) is 2. The first-order chi connectivity index (χ1) is 13.3. The lowest BCUT2D eigenvalue weighted by Gasteiger charge is -2.15. The van der Waals surface area contributed by atoms with Crippen molar-refractivity contribution in [2.24, 2.45) is 14.1 Å². The molecule has 1 aromatic carbocycles. The number of fused-ring (bicyclic) bond motifs is 1. The van der Waals surface area contributed by atoms with Crippen LogP contribution in [-0.2, 0) is 36.6 Å². The molecule has 0 saturated heterocycles. The van der Waals surface area contributed by atoms with Gasteiger partial charge in [-0.25, -0.2) is 14.6 Å². The number of aromatic nitrogens is 4. The van der Waals surface area contributed by atoms with E-state index in [4.69, 9.17) is 0 Å². The predicted octanol–water partition coefficient (Wildman–Crippen LogP) is -0.754. The van der Waals surface area contributed by atoms with Crippen LogP contribution in [0.1, 0.15) is 5.56 Å². The summed E-state index contributed by atoms with van der Waals surface area (Å²) in [5.74, 6) is -1.75. The zero-order chi connectivity index (χ0) is 20.4. The molecule has 0 spiro atoms. The molecular weight excluding hydrogens is 366 g/mol. The van der Waals surface area contributed by atoms with E-state index in [0.717, 1.165) is 10.1 Å². The van der Waals surface area contributed by atoms with Gasteiger partial charge in [0.25, 0.3) is 5.56 Å². The van der Waals surface area contributed by atoms with E-state index in [1.165, 1.54) is 29.6 Å². The summed E-state index contributed by atoms with van der Waals surface area (Å²) in [5, 5.41) is 11.9. The maximum atomic E-state index is 12.4. The SMILES string of the molecule is Cn1c(=O)c2c(ncn2CC(=O)N[C@H](Cc2ccccc2)C(=O)O)n(C)c1=O. The van der Waals surface area contributed by atoms with Crippen LogP contribution < -0.4 is 16.6 Å². The molecule has 0 aliphatic carbocycles. The third kappa shape index (κ3) is 3.56. The summed E-state index contributed by atoms with van der Waals surface area (Å²) in [4.78, 5) is 52.3. The molecule has 146 valence electrons. The van der Waals surface area contributed by atoms with Gasteiger partial charge < -0.3 is 15.0 Å². The number of carbonyl (C=O) groups is 2. The summed E-state index contributed by atoms with van der Waals surface area (Å²) < 4.78 is 3.43. The minimum absolute atomic E-state index is 0.0923. The van der Waals surface area contributed by atoms with Crippen molar-refractivity contribution in [2.75, 3.05) is 0 Å². The first-order valence-corrected chi connectivity index (χ1v) is 8.46. The molecule has 0 bridgehead atoms. The summed E-state index contributed by atoms with van der Waals surface area (Å²) in [7, 11) is 2.81. The molecule has 10 heteroatoms. The van der Waals surface area contributed by atoms with Crippen LogP contribution in [0.25, 0.3) is 11.2 Å². The fourth-order valence-corrected chi connectivity index (χ4v) is 2.96. The van der Waals surface area contributed by atoms with Crippen molar-refractivity contribution in [2.45, 2.75) is 19.0 Å². The Balaban J connectivity index is 1.83. The van der Waals surface area contributed by atoms with Crippen LogP contribution in [0.15, 0.2) is 46.2 Å². The van der Waals surface area contributed by atoms with Gasteiger partial charge in [0, 0.05) is 20.5 Å². The second-order valence-corrected chi connectivity index (χ2v) is 6.40. The standard InChI is InChI=1S/C18H19N5O5/c1-21-15-14(16(25)22(2)18(21)28)23(10-19-15)9-13(24)20-12(17(26)27)8-11-6-4-3-5-7-11/h3-7,10,12H,8-9H2,1-2H3,(H,20,24)(H,26,27)/t12-/m1/s1. The Bertz CT molecular complexity index is 1160. The number of carboxylic acid groups (broad SMARTS) is 1. The van der Waals surface area contributed by atoms with Crippen LogP contribution in [0.4, 0.5) is 0 Å². The maximum Gasteiger partial charge on any atom is 0.332 e. The van der Waals surface area contributed by atoms with Crippen LogP contribution >= 0.6 is 0 Å². The van der Waals surface area contributed by atoms with Gasteiger partial charge in [0.1, 0.15) is 12.6 Å². The van der Waals surface area contributed by atoms with Crippen molar-refractivity contribution in [1.29, 1.82) is 0 Å². The summed E-state index contributed by atoms with van der Waals surface area (Å²) in [5.41, 5.74) is -0.0923. The van der Waals surface area contributed by atoms with Gasteiger partial charge in [0.15, 0.2) is 11.2 Å². The molecule has 0 unspecified atom stereocenters. The van der Waals surface area contributed by atoms with Gasteiger partial charge in [-0.1, -0.05) is 30.3 Å². The number of rotatable bonds is 6. The molecule has 0 aliphatic rings. The largest absolute Gasteiger partial charge is 0.480 e. The number of aryl methyl sites for hydroxylation is 1. The minimum atomic E-state index is -1.16. The summed E-state index contributed by atoms with van der Waals surface area (Å²) in [6.45, 7) is -0.303. The Morgan fingerprint density at radius 3 is 2.46 bits per heavy atom. The molecule has 3 rings (SSSR count). The number of hydrogen-bond acceptors (Lipinski definition) is 5.